The molecule has 2 nitrogen and oxygen atoms in total. The van der Waals surface area contributed by atoms with E-state index in [0.717, 1.165) is 6.07 Å². The maximum absolute atomic E-state index is 13.2. The molecule has 26 heavy (non-hydrogen) atoms. The molecule has 0 spiro atoms. The zero-order chi connectivity index (χ0) is 19.9. The summed E-state index contributed by atoms with van der Waals surface area (Å²) < 4.78 is 77.7. The summed E-state index contributed by atoms with van der Waals surface area (Å²) in [6.45, 7) is 4.89. The smallest absolute Gasteiger partial charge is 0.362 e. The van der Waals surface area contributed by atoms with Crippen molar-refractivity contribution in [2.75, 3.05) is 0 Å². The molecule has 0 saturated heterocycles. The fourth-order valence-electron chi connectivity index (χ4n) is 2.75. The summed E-state index contributed by atoms with van der Waals surface area (Å²) in [6.07, 6.45) is -9.82. The largest absolute Gasteiger partial charge is 0.416 e. The number of rotatable bonds is 3. The van der Waals surface area contributed by atoms with Gasteiger partial charge in [0.25, 0.3) is 0 Å². The monoisotopic (exact) mass is 377 g/mol. The first-order chi connectivity index (χ1) is 11.8. The van der Waals surface area contributed by atoms with Crippen molar-refractivity contribution < 1.29 is 26.3 Å². The Bertz CT molecular complexity index is 877. The lowest BCUT2D eigenvalue weighted by molar-refractivity contribution is -0.143. The van der Waals surface area contributed by atoms with Crippen molar-refractivity contribution in [2.45, 2.75) is 46.0 Å². The van der Waals surface area contributed by atoms with Gasteiger partial charge in [-0.1, -0.05) is 6.07 Å². The number of hydrogen-bond donors (Lipinski definition) is 1. The second kappa shape index (κ2) is 6.81. The molecule has 0 atom stereocenters. The maximum atomic E-state index is 13.2. The highest BCUT2D eigenvalue weighted by atomic mass is 19.4. The van der Waals surface area contributed by atoms with Crippen LogP contribution in [0, 0.1) is 20.8 Å². The number of aryl methyl sites for hydroxylation is 3. The molecule has 142 valence electrons. The SMILES string of the molecule is Cc1[nH]c(CCc2ccc(C(F)(F)F)cc2C(F)(F)F)c(C)c(=O)c1C. The summed E-state index contributed by atoms with van der Waals surface area (Å²) in [4.78, 5) is 15.1. The van der Waals surface area contributed by atoms with E-state index >= 15 is 0 Å². The van der Waals surface area contributed by atoms with Crippen molar-refractivity contribution >= 4 is 0 Å². The van der Waals surface area contributed by atoms with Crippen molar-refractivity contribution in [3.8, 4) is 0 Å². The summed E-state index contributed by atoms with van der Waals surface area (Å²) in [7, 11) is 0. The summed E-state index contributed by atoms with van der Waals surface area (Å²) in [5, 5.41) is 0. The predicted molar refractivity (Wildman–Crippen MR) is 85.1 cm³/mol. The first kappa shape index (κ1) is 20.1. The Morgan fingerprint density at radius 2 is 1.50 bits per heavy atom. The highest BCUT2D eigenvalue weighted by Gasteiger charge is 2.37. The van der Waals surface area contributed by atoms with E-state index in [2.05, 4.69) is 4.98 Å². The number of aromatic amines is 1. The zero-order valence-corrected chi connectivity index (χ0v) is 14.3. The molecule has 1 aromatic carbocycles. The molecule has 0 unspecified atom stereocenters. The molecule has 0 aliphatic heterocycles. The number of alkyl halides is 6. The Labute approximate surface area is 145 Å². The molecule has 2 rings (SSSR count). The number of aromatic nitrogens is 1. The van der Waals surface area contributed by atoms with Gasteiger partial charge >= 0.3 is 12.4 Å². The minimum absolute atomic E-state index is 0.0800. The second-order valence-electron chi connectivity index (χ2n) is 6.18. The first-order valence-corrected chi connectivity index (χ1v) is 7.78. The zero-order valence-electron chi connectivity index (χ0n) is 14.3. The minimum Gasteiger partial charge on any atom is -0.362 e. The first-order valence-electron chi connectivity index (χ1n) is 7.78. The van der Waals surface area contributed by atoms with Crippen LogP contribution >= 0.6 is 0 Å². The van der Waals surface area contributed by atoms with Gasteiger partial charge in [-0.2, -0.15) is 26.3 Å². The number of hydrogen-bond acceptors (Lipinski definition) is 1. The molecule has 0 fully saturated rings. The predicted octanol–water partition coefficient (Wildman–Crippen LogP) is 5.12. The number of halogens is 6. The molecule has 1 N–H and O–H groups in total. The van der Waals surface area contributed by atoms with Crippen LogP contribution in [0.1, 0.15) is 39.2 Å². The molecule has 1 aromatic heterocycles. The number of benzene rings is 1. The van der Waals surface area contributed by atoms with E-state index in [-0.39, 0.29) is 29.9 Å². The summed E-state index contributed by atoms with van der Waals surface area (Å²) >= 11 is 0. The topological polar surface area (TPSA) is 32.9 Å². The van der Waals surface area contributed by atoms with Crippen molar-refractivity contribution in [3.63, 3.8) is 0 Å². The molecular formula is C18H17F6NO. The normalized spacial score (nSPS) is 12.5. The van der Waals surface area contributed by atoms with Crippen LogP contribution in [0.25, 0.3) is 0 Å². The van der Waals surface area contributed by atoms with Gasteiger partial charge in [-0.15, -0.1) is 0 Å². The van der Waals surface area contributed by atoms with Crippen LogP contribution in [-0.4, -0.2) is 4.98 Å². The molecule has 0 aliphatic rings. The van der Waals surface area contributed by atoms with Gasteiger partial charge in [0.2, 0.25) is 0 Å². The van der Waals surface area contributed by atoms with Gasteiger partial charge in [0.15, 0.2) is 5.43 Å². The van der Waals surface area contributed by atoms with E-state index in [0.29, 0.717) is 28.6 Å². The molecule has 0 saturated carbocycles. The summed E-state index contributed by atoms with van der Waals surface area (Å²) in [5.74, 6) is 0. The quantitative estimate of drug-likeness (QED) is 0.740. The molecule has 8 heteroatoms. The number of pyridine rings is 1. The number of H-pyrrole nitrogens is 1. The highest BCUT2D eigenvalue weighted by molar-refractivity contribution is 5.37. The Morgan fingerprint density at radius 1 is 0.885 bits per heavy atom. The Hall–Kier alpha value is -2.25. The van der Waals surface area contributed by atoms with E-state index in [1.807, 2.05) is 0 Å². The van der Waals surface area contributed by atoms with Crippen LogP contribution in [-0.2, 0) is 25.2 Å². The fourth-order valence-corrected chi connectivity index (χ4v) is 2.75. The molecule has 0 amide bonds. The summed E-state index contributed by atoms with van der Waals surface area (Å²) in [6, 6.07) is 1.62. The van der Waals surface area contributed by atoms with Gasteiger partial charge in [0.1, 0.15) is 0 Å². The van der Waals surface area contributed by atoms with E-state index < -0.39 is 23.5 Å². The third-order valence-electron chi connectivity index (χ3n) is 4.42. The average molecular weight is 377 g/mol. The van der Waals surface area contributed by atoms with Crippen LogP contribution in [0.4, 0.5) is 26.3 Å². The highest BCUT2D eigenvalue weighted by Crippen LogP contribution is 2.37. The maximum Gasteiger partial charge on any atom is 0.416 e. The van der Waals surface area contributed by atoms with Crippen LogP contribution < -0.4 is 5.43 Å². The van der Waals surface area contributed by atoms with Gasteiger partial charge in [-0.3, -0.25) is 4.79 Å². The van der Waals surface area contributed by atoms with E-state index in [9.17, 15) is 31.1 Å². The molecule has 1 heterocycles. The number of nitrogens with one attached hydrogen (secondary N) is 1. The van der Waals surface area contributed by atoms with Crippen LogP contribution in [0.5, 0.6) is 0 Å². The van der Waals surface area contributed by atoms with Crippen LogP contribution in [0.3, 0.4) is 0 Å². The van der Waals surface area contributed by atoms with Crippen molar-refractivity contribution in [3.05, 3.63) is 67.6 Å². The molecule has 0 bridgehead atoms. The van der Waals surface area contributed by atoms with Gasteiger partial charge in [0, 0.05) is 22.5 Å². The van der Waals surface area contributed by atoms with Gasteiger partial charge < -0.3 is 4.98 Å². The Morgan fingerprint density at radius 3 is 2.04 bits per heavy atom. The Balaban J connectivity index is 2.40. The lowest BCUT2D eigenvalue weighted by Gasteiger charge is -2.16. The third kappa shape index (κ3) is 4.11. The van der Waals surface area contributed by atoms with Crippen LogP contribution in [0.2, 0.25) is 0 Å². The van der Waals surface area contributed by atoms with E-state index in [4.69, 9.17) is 0 Å². The molecule has 2 aromatic rings. The lowest BCUT2D eigenvalue weighted by Crippen LogP contribution is -2.17. The fraction of sp³-hybridized carbons (Fsp3) is 0.389. The van der Waals surface area contributed by atoms with Gasteiger partial charge in [-0.05, 0) is 51.3 Å². The van der Waals surface area contributed by atoms with Crippen molar-refractivity contribution in [1.82, 2.24) is 4.98 Å². The van der Waals surface area contributed by atoms with E-state index in [1.54, 1.807) is 20.8 Å². The van der Waals surface area contributed by atoms with Crippen LogP contribution in [0.15, 0.2) is 23.0 Å². The van der Waals surface area contributed by atoms with Crippen molar-refractivity contribution in [2.24, 2.45) is 0 Å². The molecule has 0 aliphatic carbocycles. The van der Waals surface area contributed by atoms with Gasteiger partial charge in [-0.25, -0.2) is 0 Å². The molecule has 0 radical (unpaired) electrons. The second-order valence-corrected chi connectivity index (χ2v) is 6.18. The molecular weight excluding hydrogens is 360 g/mol. The lowest BCUT2D eigenvalue weighted by atomic mass is 9.97. The minimum atomic E-state index is -4.90. The summed E-state index contributed by atoms with van der Waals surface area (Å²) in [5.41, 5.74) is -1.08. The standard InChI is InChI=1S/C18H17F6NO/c1-9-11(3)25-15(10(2)16(9)26)7-5-12-4-6-13(17(19,20)21)8-14(12)18(22,23)24/h4,6,8H,5,7H2,1-3H3,(H,25,26). The van der Waals surface area contributed by atoms with Crippen molar-refractivity contribution in [1.29, 1.82) is 0 Å². The van der Waals surface area contributed by atoms with Gasteiger partial charge in [0.05, 0.1) is 11.1 Å². The average Bonchev–Trinajstić information content (AvgIpc) is 2.53. The third-order valence-corrected chi connectivity index (χ3v) is 4.42. The van der Waals surface area contributed by atoms with E-state index in [1.165, 1.54) is 0 Å². The Kier molecular flexibility index (Phi) is 5.26.